The minimum absolute atomic E-state index is 0. The Bertz CT molecular complexity index is 168. The van der Waals surface area contributed by atoms with Crippen molar-refractivity contribution in [2.45, 2.75) is 39.2 Å². The Balaban J connectivity index is 0.00000169. The number of halogens is 1. The molecule has 1 rings (SSSR count). The van der Waals surface area contributed by atoms with Gasteiger partial charge in [-0.25, -0.2) is 0 Å². The molecule has 0 spiro atoms. The van der Waals surface area contributed by atoms with E-state index in [9.17, 15) is 4.79 Å². The number of carbonyl (C=O) groups is 1. The third-order valence-electron chi connectivity index (χ3n) is 2.16. The minimum Gasteiger partial charge on any atom is -0.462 e. The van der Waals surface area contributed by atoms with Gasteiger partial charge in [0.2, 0.25) is 0 Å². The molecule has 0 aliphatic carbocycles. The maximum atomic E-state index is 11.3. The molecule has 0 atom stereocenters. The lowest BCUT2D eigenvalue weighted by atomic mass is 10.1. The monoisotopic (exact) mass is 221 g/mol. The van der Waals surface area contributed by atoms with E-state index in [-0.39, 0.29) is 24.5 Å². The van der Waals surface area contributed by atoms with E-state index in [1.54, 1.807) is 0 Å². The maximum absolute atomic E-state index is 11.3. The summed E-state index contributed by atoms with van der Waals surface area (Å²) in [5, 5.41) is 3.24. The molecule has 14 heavy (non-hydrogen) atoms. The number of carbonyl (C=O) groups excluding carboxylic acids is 1. The lowest BCUT2D eigenvalue weighted by molar-refractivity contribution is -0.151. The zero-order valence-corrected chi connectivity index (χ0v) is 9.73. The molecule has 84 valence electrons. The van der Waals surface area contributed by atoms with E-state index in [2.05, 4.69) is 5.32 Å². The van der Waals surface area contributed by atoms with Crippen molar-refractivity contribution in [3.05, 3.63) is 0 Å². The first-order chi connectivity index (χ1) is 6.18. The lowest BCUT2D eigenvalue weighted by Gasteiger charge is -2.23. The van der Waals surface area contributed by atoms with Crippen LogP contribution in [-0.4, -0.2) is 25.2 Å². The SMILES string of the molecule is CC(C)CC(=O)OC1CCNCC1.Cl. The Kier molecular flexibility index (Phi) is 6.93. The van der Waals surface area contributed by atoms with Crippen LogP contribution < -0.4 is 5.32 Å². The highest BCUT2D eigenvalue weighted by Crippen LogP contribution is 2.10. The van der Waals surface area contributed by atoms with E-state index >= 15 is 0 Å². The van der Waals surface area contributed by atoms with Gasteiger partial charge in [0, 0.05) is 6.42 Å². The van der Waals surface area contributed by atoms with Crippen LogP contribution in [0.4, 0.5) is 0 Å². The first-order valence-corrected chi connectivity index (χ1v) is 5.08. The molecule has 0 unspecified atom stereocenters. The number of ether oxygens (including phenoxy) is 1. The van der Waals surface area contributed by atoms with E-state index < -0.39 is 0 Å². The van der Waals surface area contributed by atoms with E-state index in [4.69, 9.17) is 4.74 Å². The number of rotatable bonds is 3. The highest BCUT2D eigenvalue weighted by molar-refractivity contribution is 5.85. The van der Waals surface area contributed by atoms with Crippen LogP contribution in [0, 0.1) is 5.92 Å². The van der Waals surface area contributed by atoms with Gasteiger partial charge < -0.3 is 10.1 Å². The second kappa shape index (κ2) is 7.07. The Hall–Kier alpha value is -0.280. The topological polar surface area (TPSA) is 38.3 Å². The van der Waals surface area contributed by atoms with Gasteiger partial charge in [0.15, 0.2) is 0 Å². The zero-order chi connectivity index (χ0) is 9.68. The average Bonchev–Trinajstić information content (AvgIpc) is 2.04. The van der Waals surface area contributed by atoms with Gasteiger partial charge in [0.05, 0.1) is 0 Å². The van der Waals surface area contributed by atoms with Gasteiger partial charge in [-0.3, -0.25) is 4.79 Å². The molecule has 1 fully saturated rings. The fourth-order valence-electron chi connectivity index (χ4n) is 1.48. The van der Waals surface area contributed by atoms with Crippen LogP contribution in [0.3, 0.4) is 0 Å². The molecule has 1 heterocycles. The molecule has 0 aromatic heterocycles. The first kappa shape index (κ1) is 13.7. The van der Waals surface area contributed by atoms with Gasteiger partial charge in [0.25, 0.3) is 0 Å². The Labute approximate surface area is 92.0 Å². The van der Waals surface area contributed by atoms with E-state index in [1.807, 2.05) is 13.8 Å². The second-order valence-electron chi connectivity index (χ2n) is 4.04. The summed E-state index contributed by atoms with van der Waals surface area (Å²) in [6, 6.07) is 0. The summed E-state index contributed by atoms with van der Waals surface area (Å²) in [6.45, 7) is 6.01. The first-order valence-electron chi connectivity index (χ1n) is 5.08. The van der Waals surface area contributed by atoms with Crippen LogP contribution in [0.25, 0.3) is 0 Å². The molecule has 0 aromatic carbocycles. The third kappa shape index (κ3) is 5.45. The molecule has 0 amide bonds. The van der Waals surface area contributed by atoms with Gasteiger partial charge in [-0.05, 0) is 31.8 Å². The number of nitrogens with one attached hydrogen (secondary N) is 1. The largest absolute Gasteiger partial charge is 0.462 e. The molecule has 0 saturated carbocycles. The van der Waals surface area contributed by atoms with Crippen molar-refractivity contribution < 1.29 is 9.53 Å². The summed E-state index contributed by atoms with van der Waals surface area (Å²) in [5.74, 6) is 0.358. The molecule has 1 aliphatic rings. The van der Waals surface area contributed by atoms with Crippen LogP contribution >= 0.6 is 12.4 Å². The average molecular weight is 222 g/mol. The molecule has 4 heteroatoms. The number of piperidine rings is 1. The van der Waals surface area contributed by atoms with Crippen molar-refractivity contribution in [2.75, 3.05) is 13.1 Å². The van der Waals surface area contributed by atoms with Crippen molar-refractivity contribution in [1.82, 2.24) is 5.32 Å². The van der Waals surface area contributed by atoms with Crippen molar-refractivity contribution in [3.63, 3.8) is 0 Å². The minimum atomic E-state index is -0.0399. The van der Waals surface area contributed by atoms with Gasteiger partial charge in [0.1, 0.15) is 6.10 Å². The summed E-state index contributed by atoms with van der Waals surface area (Å²) in [7, 11) is 0. The standard InChI is InChI=1S/C10H19NO2.ClH/c1-8(2)7-10(12)13-9-3-5-11-6-4-9;/h8-9,11H,3-7H2,1-2H3;1H. The molecular weight excluding hydrogens is 202 g/mol. The molecule has 0 aromatic rings. The Morgan fingerprint density at radius 1 is 1.43 bits per heavy atom. The fraction of sp³-hybridized carbons (Fsp3) is 0.900. The van der Waals surface area contributed by atoms with Crippen molar-refractivity contribution in [3.8, 4) is 0 Å². The number of hydrogen-bond acceptors (Lipinski definition) is 3. The second-order valence-corrected chi connectivity index (χ2v) is 4.04. The predicted octanol–water partition coefficient (Wildman–Crippen LogP) is 1.75. The Morgan fingerprint density at radius 3 is 2.50 bits per heavy atom. The quantitative estimate of drug-likeness (QED) is 0.738. The number of esters is 1. The summed E-state index contributed by atoms with van der Waals surface area (Å²) in [6.07, 6.45) is 2.63. The van der Waals surface area contributed by atoms with Crippen LogP contribution in [0.5, 0.6) is 0 Å². The number of hydrogen-bond donors (Lipinski definition) is 1. The zero-order valence-electron chi connectivity index (χ0n) is 8.91. The molecule has 1 N–H and O–H groups in total. The molecule has 0 radical (unpaired) electrons. The third-order valence-corrected chi connectivity index (χ3v) is 2.16. The predicted molar refractivity (Wildman–Crippen MR) is 58.7 cm³/mol. The van der Waals surface area contributed by atoms with Crippen molar-refractivity contribution >= 4 is 18.4 Å². The fourth-order valence-corrected chi connectivity index (χ4v) is 1.48. The molecular formula is C10H20ClNO2. The Morgan fingerprint density at radius 2 is 2.00 bits per heavy atom. The molecule has 1 aliphatic heterocycles. The van der Waals surface area contributed by atoms with Crippen LogP contribution in [0.2, 0.25) is 0 Å². The van der Waals surface area contributed by atoms with E-state index in [0.29, 0.717) is 12.3 Å². The van der Waals surface area contributed by atoms with E-state index in [0.717, 1.165) is 25.9 Å². The lowest BCUT2D eigenvalue weighted by Crippen LogP contribution is -2.33. The van der Waals surface area contributed by atoms with Crippen molar-refractivity contribution in [1.29, 1.82) is 0 Å². The summed E-state index contributed by atoms with van der Waals surface area (Å²) >= 11 is 0. The summed E-state index contributed by atoms with van der Waals surface area (Å²) < 4.78 is 5.32. The van der Waals surface area contributed by atoms with Gasteiger partial charge >= 0.3 is 5.97 Å². The van der Waals surface area contributed by atoms with Crippen LogP contribution in [0.15, 0.2) is 0 Å². The van der Waals surface area contributed by atoms with Gasteiger partial charge in [-0.1, -0.05) is 13.8 Å². The van der Waals surface area contributed by atoms with Crippen molar-refractivity contribution in [2.24, 2.45) is 5.92 Å². The van der Waals surface area contributed by atoms with Crippen LogP contribution in [0.1, 0.15) is 33.1 Å². The highest BCUT2D eigenvalue weighted by Gasteiger charge is 2.17. The van der Waals surface area contributed by atoms with Gasteiger partial charge in [-0.2, -0.15) is 0 Å². The normalized spacial score (nSPS) is 17.6. The summed E-state index contributed by atoms with van der Waals surface area (Å²) in [4.78, 5) is 11.3. The van der Waals surface area contributed by atoms with Gasteiger partial charge in [-0.15, -0.1) is 12.4 Å². The smallest absolute Gasteiger partial charge is 0.306 e. The summed E-state index contributed by atoms with van der Waals surface area (Å²) in [5.41, 5.74) is 0. The van der Waals surface area contributed by atoms with E-state index in [1.165, 1.54) is 0 Å². The van der Waals surface area contributed by atoms with Crippen LogP contribution in [-0.2, 0) is 9.53 Å². The molecule has 1 saturated heterocycles. The molecule has 3 nitrogen and oxygen atoms in total. The highest BCUT2D eigenvalue weighted by atomic mass is 35.5. The maximum Gasteiger partial charge on any atom is 0.306 e. The molecule has 0 bridgehead atoms.